The molecule has 0 aliphatic carbocycles. The van der Waals surface area contributed by atoms with Crippen LogP contribution in [0.1, 0.15) is 6.92 Å². The predicted octanol–water partition coefficient (Wildman–Crippen LogP) is 3.97. The third-order valence-electron chi connectivity index (χ3n) is 5.24. The van der Waals surface area contributed by atoms with Gasteiger partial charge in [0.1, 0.15) is 5.69 Å². The number of hydrogen-bond acceptors (Lipinski definition) is 6. The van der Waals surface area contributed by atoms with Gasteiger partial charge in [0.2, 0.25) is 6.36 Å². The van der Waals surface area contributed by atoms with Crippen molar-refractivity contribution in [3.05, 3.63) is 95.7 Å². The standard InChI is InChI=1S/C25H21FN6O3/c1-17(26)35-22-15-19(30-14-6-12-27-30)9-10-20(22)31-16-23(34-2)25(33)24(29-31)21-11-13-28-32(21)18-7-4-3-5-8-18/h3-17H,1-2H3. The van der Waals surface area contributed by atoms with Crippen LogP contribution in [0, 0.1) is 0 Å². The largest absolute Gasteiger partial charge is 0.491 e. The van der Waals surface area contributed by atoms with Crippen LogP contribution in [-0.4, -0.2) is 42.8 Å². The first-order valence-corrected chi connectivity index (χ1v) is 10.8. The monoisotopic (exact) mass is 472 g/mol. The Bertz CT molecular complexity index is 1510. The number of methoxy groups -OCH3 is 1. The maximum Gasteiger partial charge on any atom is 0.251 e. The van der Waals surface area contributed by atoms with E-state index in [-0.39, 0.29) is 17.2 Å². The van der Waals surface area contributed by atoms with Gasteiger partial charge in [-0.25, -0.2) is 18.4 Å². The number of hydrogen-bond donors (Lipinski definition) is 0. The SMILES string of the molecule is COc1cn(-c2ccc(-n3cccn3)cc2OC(C)F)nc(-c2ccnn2-c2ccccc2)c1=O. The summed E-state index contributed by atoms with van der Waals surface area (Å²) in [7, 11) is 1.40. The lowest BCUT2D eigenvalue weighted by Gasteiger charge is -2.17. The summed E-state index contributed by atoms with van der Waals surface area (Å²) in [5.74, 6) is 0.278. The second-order valence-corrected chi connectivity index (χ2v) is 7.55. The van der Waals surface area contributed by atoms with Crippen molar-refractivity contribution < 1.29 is 13.9 Å². The molecule has 0 N–H and O–H groups in total. The first kappa shape index (κ1) is 22.1. The molecule has 0 aliphatic rings. The molecule has 2 aromatic carbocycles. The molecule has 0 fully saturated rings. The highest BCUT2D eigenvalue weighted by Gasteiger charge is 2.20. The van der Waals surface area contributed by atoms with Gasteiger partial charge in [-0.2, -0.15) is 15.3 Å². The fraction of sp³-hybridized carbons (Fsp3) is 0.120. The molecule has 0 saturated heterocycles. The summed E-state index contributed by atoms with van der Waals surface area (Å²) < 4.78 is 29.5. The summed E-state index contributed by atoms with van der Waals surface area (Å²) in [6.45, 7) is 1.29. The number of benzene rings is 2. The first-order chi connectivity index (χ1) is 17.0. The molecule has 35 heavy (non-hydrogen) atoms. The van der Waals surface area contributed by atoms with Crippen molar-refractivity contribution in [3.8, 4) is 39.9 Å². The minimum absolute atomic E-state index is 0.0613. The number of aromatic nitrogens is 6. The third-order valence-corrected chi connectivity index (χ3v) is 5.24. The summed E-state index contributed by atoms with van der Waals surface area (Å²) in [5, 5.41) is 13.1. The smallest absolute Gasteiger partial charge is 0.251 e. The average Bonchev–Trinajstić information content (AvgIpc) is 3.57. The Kier molecular flexibility index (Phi) is 5.84. The minimum atomic E-state index is -1.58. The number of para-hydroxylation sites is 1. The van der Waals surface area contributed by atoms with Gasteiger partial charge in [-0.1, -0.05) is 18.2 Å². The van der Waals surface area contributed by atoms with Crippen molar-refractivity contribution in [3.63, 3.8) is 0 Å². The topological polar surface area (TPSA) is 89.0 Å². The second kappa shape index (κ2) is 9.26. The predicted molar refractivity (Wildman–Crippen MR) is 127 cm³/mol. The van der Waals surface area contributed by atoms with Crippen LogP contribution in [0.25, 0.3) is 28.5 Å². The number of rotatable bonds is 7. The summed E-state index contributed by atoms with van der Waals surface area (Å²) in [6, 6.07) is 18.0. The van der Waals surface area contributed by atoms with E-state index in [9.17, 15) is 9.18 Å². The van der Waals surface area contributed by atoms with Crippen LogP contribution < -0.4 is 14.9 Å². The van der Waals surface area contributed by atoms with Crippen molar-refractivity contribution in [1.82, 2.24) is 29.3 Å². The van der Waals surface area contributed by atoms with E-state index in [4.69, 9.17) is 9.47 Å². The van der Waals surface area contributed by atoms with Crippen molar-refractivity contribution in [2.24, 2.45) is 0 Å². The molecule has 3 heterocycles. The summed E-state index contributed by atoms with van der Waals surface area (Å²) in [6.07, 6.45) is 4.85. The van der Waals surface area contributed by atoms with Crippen LogP contribution in [0.3, 0.4) is 0 Å². The zero-order valence-corrected chi connectivity index (χ0v) is 18.9. The molecule has 5 rings (SSSR count). The zero-order valence-electron chi connectivity index (χ0n) is 18.9. The molecule has 0 spiro atoms. The van der Waals surface area contributed by atoms with Gasteiger partial charge in [0.25, 0.3) is 5.43 Å². The molecule has 1 atom stereocenters. The highest BCUT2D eigenvalue weighted by Crippen LogP contribution is 2.29. The summed E-state index contributed by atoms with van der Waals surface area (Å²) in [5.41, 5.74) is 2.03. The Morgan fingerprint density at radius 1 is 0.914 bits per heavy atom. The van der Waals surface area contributed by atoms with Crippen molar-refractivity contribution >= 4 is 0 Å². The van der Waals surface area contributed by atoms with Crippen LogP contribution in [-0.2, 0) is 0 Å². The molecule has 0 radical (unpaired) electrons. The van der Waals surface area contributed by atoms with Gasteiger partial charge < -0.3 is 9.47 Å². The Morgan fingerprint density at radius 3 is 2.46 bits per heavy atom. The first-order valence-electron chi connectivity index (χ1n) is 10.8. The van der Waals surface area contributed by atoms with Crippen LogP contribution in [0.2, 0.25) is 0 Å². The van der Waals surface area contributed by atoms with Gasteiger partial charge >= 0.3 is 0 Å². The van der Waals surface area contributed by atoms with E-state index in [1.165, 1.54) is 24.9 Å². The minimum Gasteiger partial charge on any atom is -0.491 e. The van der Waals surface area contributed by atoms with Gasteiger partial charge in [-0.05, 0) is 36.4 Å². The van der Waals surface area contributed by atoms with E-state index in [0.717, 1.165) is 5.69 Å². The summed E-state index contributed by atoms with van der Waals surface area (Å²) in [4.78, 5) is 13.2. The fourth-order valence-electron chi connectivity index (χ4n) is 3.69. The molecule has 0 saturated carbocycles. The highest BCUT2D eigenvalue weighted by molar-refractivity contribution is 5.60. The maximum atomic E-state index is 13.9. The van der Waals surface area contributed by atoms with Crippen molar-refractivity contribution in [1.29, 1.82) is 0 Å². The lowest BCUT2D eigenvalue weighted by molar-refractivity contribution is 0.0858. The fourth-order valence-corrected chi connectivity index (χ4v) is 3.69. The van der Waals surface area contributed by atoms with E-state index in [1.807, 2.05) is 30.3 Å². The van der Waals surface area contributed by atoms with Gasteiger partial charge in [0.15, 0.2) is 17.2 Å². The molecule has 10 heteroatoms. The maximum absolute atomic E-state index is 13.9. The molecule has 0 bridgehead atoms. The number of halogens is 1. The van der Waals surface area contributed by atoms with Crippen LogP contribution in [0.4, 0.5) is 4.39 Å². The quantitative estimate of drug-likeness (QED) is 0.356. The van der Waals surface area contributed by atoms with Gasteiger partial charge in [-0.3, -0.25) is 4.79 Å². The zero-order chi connectivity index (χ0) is 24.4. The van der Waals surface area contributed by atoms with Crippen molar-refractivity contribution in [2.75, 3.05) is 7.11 Å². The van der Waals surface area contributed by atoms with Gasteiger partial charge in [0, 0.05) is 25.4 Å². The molecule has 0 amide bonds. The van der Waals surface area contributed by atoms with Gasteiger partial charge in [-0.15, -0.1) is 0 Å². The Balaban J connectivity index is 1.68. The molecule has 5 aromatic rings. The Morgan fingerprint density at radius 2 is 1.74 bits per heavy atom. The molecular formula is C25H21FN6O3. The number of nitrogens with zero attached hydrogens (tertiary/aromatic N) is 6. The lowest BCUT2D eigenvalue weighted by atomic mass is 10.2. The highest BCUT2D eigenvalue weighted by atomic mass is 19.1. The Hall–Kier alpha value is -4.73. The number of ether oxygens (including phenoxy) is 2. The third kappa shape index (κ3) is 4.29. The van der Waals surface area contributed by atoms with Crippen LogP contribution in [0.15, 0.2) is 90.2 Å². The molecule has 0 aliphatic heterocycles. The van der Waals surface area contributed by atoms with Crippen LogP contribution in [0.5, 0.6) is 11.5 Å². The van der Waals surface area contributed by atoms with E-state index in [1.54, 1.807) is 58.3 Å². The Labute approximate surface area is 199 Å². The van der Waals surface area contributed by atoms with Crippen molar-refractivity contribution in [2.45, 2.75) is 13.3 Å². The molecular weight excluding hydrogens is 451 g/mol. The summed E-state index contributed by atoms with van der Waals surface area (Å²) >= 11 is 0. The molecule has 176 valence electrons. The molecule has 1 unspecified atom stereocenters. The van der Waals surface area contributed by atoms with E-state index in [2.05, 4.69) is 15.3 Å². The second-order valence-electron chi connectivity index (χ2n) is 7.55. The molecule has 9 nitrogen and oxygen atoms in total. The average molecular weight is 472 g/mol. The molecule has 3 aromatic heterocycles. The van der Waals surface area contributed by atoms with E-state index < -0.39 is 11.8 Å². The van der Waals surface area contributed by atoms with Gasteiger partial charge in [0.05, 0.1) is 36.6 Å². The van der Waals surface area contributed by atoms with E-state index in [0.29, 0.717) is 17.1 Å². The number of alkyl halides is 1. The van der Waals surface area contributed by atoms with Crippen LogP contribution >= 0.6 is 0 Å². The van der Waals surface area contributed by atoms with E-state index >= 15 is 0 Å². The lowest BCUT2D eigenvalue weighted by Crippen LogP contribution is -2.18. The normalized spacial score (nSPS) is 11.9.